The first-order valence-electron chi connectivity index (χ1n) is 12.7. The van der Waals surface area contributed by atoms with Gasteiger partial charge in [-0.3, -0.25) is 14.5 Å². The molecule has 8 heteroatoms. The van der Waals surface area contributed by atoms with Crippen LogP contribution < -0.4 is 5.32 Å². The van der Waals surface area contributed by atoms with Crippen LogP contribution in [0.4, 0.5) is 0 Å². The summed E-state index contributed by atoms with van der Waals surface area (Å²) in [6.45, 7) is 8.79. The molecule has 2 fully saturated rings. The van der Waals surface area contributed by atoms with Gasteiger partial charge in [0.2, 0.25) is 5.91 Å². The van der Waals surface area contributed by atoms with E-state index in [1.165, 1.54) is 25.7 Å². The molecule has 190 valence electrons. The minimum atomic E-state index is -0.961. The van der Waals surface area contributed by atoms with E-state index >= 15 is 0 Å². The molecule has 0 spiro atoms. The number of nitrogens with zero attached hydrogens (tertiary/aromatic N) is 2. The molecule has 1 amide bonds. The summed E-state index contributed by atoms with van der Waals surface area (Å²) < 4.78 is 0. The Labute approximate surface area is 214 Å². The van der Waals surface area contributed by atoms with E-state index in [1.54, 1.807) is 18.2 Å². The van der Waals surface area contributed by atoms with Crippen LogP contribution in [0, 0.1) is 11.3 Å². The minimum absolute atomic E-state index is 0.0940. The third-order valence-corrected chi connectivity index (χ3v) is 8.30. The van der Waals surface area contributed by atoms with Gasteiger partial charge in [0, 0.05) is 54.4 Å². The molecule has 0 unspecified atom stereocenters. The van der Waals surface area contributed by atoms with Crippen molar-refractivity contribution in [3.63, 3.8) is 0 Å². The third kappa shape index (κ3) is 6.87. The van der Waals surface area contributed by atoms with E-state index in [0.29, 0.717) is 29.7 Å². The lowest BCUT2D eigenvalue weighted by atomic mass is 9.75. The highest BCUT2D eigenvalue weighted by Gasteiger charge is 2.51. The van der Waals surface area contributed by atoms with Crippen molar-refractivity contribution in [1.82, 2.24) is 15.1 Å². The first kappa shape index (κ1) is 27.3. The van der Waals surface area contributed by atoms with Crippen LogP contribution in [0.5, 0.6) is 0 Å². The van der Waals surface area contributed by atoms with E-state index in [2.05, 4.69) is 22.0 Å². The number of aliphatic carboxylic acids is 1. The van der Waals surface area contributed by atoms with Crippen LogP contribution in [0.25, 0.3) is 0 Å². The summed E-state index contributed by atoms with van der Waals surface area (Å²) >= 11 is 12.7. The number of nitrogens with one attached hydrogen (secondary N) is 1. The molecule has 2 aliphatic rings. The van der Waals surface area contributed by atoms with Crippen molar-refractivity contribution >= 4 is 35.1 Å². The number of rotatable bonds is 11. The molecule has 34 heavy (non-hydrogen) atoms. The molecular formula is C26H39Cl2N3O3. The standard InChI is InChI=1S/C26H39Cl2N3O3/c1-3-4-5-6-12-30-13-10-20(11-14-30)29-25(34)26(15-24(32)33)18-31(16-19(26)2)17-21-22(27)8-7-9-23(21)28/h7-9,19-20H,3-6,10-18H2,1-2H3,(H,29,34)(H,32,33)/t19-,26+/m0/s1. The topological polar surface area (TPSA) is 72.9 Å². The summed E-state index contributed by atoms with van der Waals surface area (Å²) in [6.07, 6.45) is 6.69. The maximum absolute atomic E-state index is 13.6. The molecule has 0 bridgehead atoms. The number of carbonyl (C=O) groups is 2. The molecule has 2 aliphatic heterocycles. The number of hydrogen-bond donors (Lipinski definition) is 2. The molecule has 0 saturated carbocycles. The lowest BCUT2D eigenvalue weighted by Gasteiger charge is -2.36. The molecule has 0 aliphatic carbocycles. The molecule has 2 N–H and O–H groups in total. The smallest absolute Gasteiger partial charge is 0.304 e. The van der Waals surface area contributed by atoms with E-state index in [-0.39, 0.29) is 24.3 Å². The van der Waals surface area contributed by atoms with Crippen LogP contribution in [0.1, 0.15) is 64.4 Å². The zero-order valence-electron chi connectivity index (χ0n) is 20.5. The van der Waals surface area contributed by atoms with Crippen LogP contribution in [-0.4, -0.2) is 65.5 Å². The van der Waals surface area contributed by atoms with Crippen molar-refractivity contribution in [2.75, 3.05) is 32.7 Å². The summed E-state index contributed by atoms with van der Waals surface area (Å²) in [5.74, 6) is -1.17. The lowest BCUT2D eigenvalue weighted by molar-refractivity contribution is -0.147. The second-order valence-electron chi connectivity index (χ2n) is 10.1. The van der Waals surface area contributed by atoms with Crippen LogP contribution in [-0.2, 0) is 16.1 Å². The molecule has 3 rings (SSSR count). The highest BCUT2D eigenvalue weighted by molar-refractivity contribution is 6.35. The second kappa shape index (κ2) is 12.6. The van der Waals surface area contributed by atoms with Gasteiger partial charge in [-0.05, 0) is 43.9 Å². The SMILES string of the molecule is CCCCCCN1CCC(NC(=O)[C@]2(CC(=O)O)CN(Cc3c(Cl)cccc3Cl)C[C@@H]2C)CC1. The number of carboxylic acids is 1. The van der Waals surface area contributed by atoms with E-state index in [1.807, 2.05) is 6.92 Å². The van der Waals surface area contributed by atoms with Crippen molar-refractivity contribution in [3.8, 4) is 0 Å². The van der Waals surface area contributed by atoms with Gasteiger partial charge >= 0.3 is 5.97 Å². The lowest BCUT2D eigenvalue weighted by Crippen LogP contribution is -2.52. The molecule has 2 saturated heterocycles. The Morgan fingerprint density at radius 3 is 2.41 bits per heavy atom. The predicted octanol–water partition coefficient (Wildman–Crippen LogP) is 5.07. The average Bonchev–Trinajstić information content (AvgIpc) is 3.10. The van der Waals surface area contributed by atoms with E-state index in [0.717, 1.165) is 38.0 Å². The van der Waals surface area contributed by atoms with Gasteiger partial charge in [0.1, 0.15) is 0 Å². The van der Waals surface area contributed by atoms with Gasteiger partial charge in [0.15, 0.2) is 0 Å². The third-order valence-electron chi connectivity index (χ3n) is 7.59. The Bertz CT molecular complexity index is 824. The van der Waals surface area contributed by atoms with Crippen LogP contribution >= 0.6 is 23.2 Å². The summed E-state index contributed by atoms with van der Waals surface area (Å²) in [4.78, 5) is 30.0. The molecular weight excluding hydrogens is 473 g/mol. The second-order valence-corrected chi connectivity index (χ2v) is 11.0. The van der Waals surface area contributed by atoms with Gasteiger partial charge in [-0.25, -0.2) is 0 Å². The highest BCUT2D eigenvalue weighted by Crippen LogP contribution is 2.41. The molecule has 1 aromatic rings. The van der Waals surface area contributed by atoms with E-state index in [9.17, 15) is 14.7 Å². The van der Waals surface area contributed by atoms with Crippen molar-refractivity contribution in [2.24, 2.45) is 11.3 Å². The number of likely N-dealkylation sites (tertiary alicyclic amines) is 2. The fourth-order valence-corrected chi connectivity index (χ4v) is 5.99. The Morgan fingerprint density at radius 1 is 1.12 bits per heavy atom. The quantitative estimate of drug-likeness (QED) is 0.405. The molecule has 0 aromatic heterocycles. The normalized spacial score (nSPS) is 24.4. The van der Waals surface area contributed by atoms with Gasteiger partial charge < -0.3 is 15.3 Å². The molecule has 0 radical (unpaired) electrons. The number of carbonyl (C=O) groups excluding carboxylic acids is 1. The number of benzene rings is 1. The van der Waals surface area contributed by atoms with Gasteiger partial charge in [-0.1, -0.05) is 62.4 Å². The maximum Gasteiger partial charge on any atom is 0.304 e. The summed E-state index contributed by atoms with van der Waals surface area (Å²) in [7, 11) is 0. The van der Waals surface area contributed by atoms with Gasteiger partial charge in [0.05, 0.1) is 11.8 Å². The first-order valence-corrected chi connectivity index (χ1v) is 13.4. The van der Waals surface area contributed by atoms with Crippen molar-refractivity contribution in [2.45, 2.75) is 71.4 Å². The predicted molar refractivity (Wildman–Crippen MR) is 137 cm³/mol. The number of amides is 1. The zero-order valence-corrected chi connectivity index (χ0v) is 22.0. The maximum atomic E-state index is 13.6. The molecule has 6 nitrogen and oxygen atoms in total. The Hall–Kier alpha value is -1.34. The Kier molecular flexibility index (Phi) is 10.1. The Balaban J connectivity index is 1.61. The van der Waals surface area contributed by atoms with E-state index in [4.69, 9.17) is 23.2 Å². The van der Waals surface area contributed by atoms with Crippen LogP contribution in [0.3, 0.4) is 0 Å². The summed E-state index contributed by atoms with van der Waals surface area (Å²) in [5.41, 5.74) is -0.146. The summed E-state index contributed by atoms with van der Waals surface area (Å²) in [5, 5.41) is 14.1. The summed E-state index contributed by atoms with van der Waals surface area (Å²) in [6, 6.07) is 5.51. The Morgan fingerprint density at radius 2 is 1.79 bits per heavy atom. The van der Waals surface area contributed by atoms with Crippen molar-refractivity contribution < 1.29 is 14.7 Å². The van der Waals surface area contributed by atoms with E-state index < -0.39 is 11.4 Å². The van der Waals surface area contributed by atoms with Crippen LogP contribution in [0.15, 0.2) is 18.2 Å². The fourth-order valence-electron chi connectivity index (χ4n) is 5.48. The minimum Gasteiger partial charge on any atom is -0.481 e. The number of unbranched alkanes of at least 4 members (excludes halogenated alkanes) is 3. The largest absolute Gasteiger partial charge is 0.481 e. The monoisotopic (exact) mass is 511 g/mol. The number of hydrogen-bond acceptors (Lipinski definition) is 4. The van der Waals surface area contributed by atoms with Crippen molar-refractivity contribution in [3.05, 3.63) is 33.8 Å². The van der Waals surface area contributed by atoms with Gasteiger partial charge in [0.25, 0.3) is 0 Å². The first-order chi connectivity index (χ1) is 16.2. The van der Waals surface area contributed by atoms with Gasteiger partial charge in [-0.2, -0.15) is 0 Å². The van der Waals surface area contributed by atoms with Gasteiger partial charge in [-0.15, -0.1) is 0 Å². The zero-order chi connectivity index (χ0) is 24.7. The average molecular weight is 513 g/mol. The van der Waals surface area contributed by atoms with Crippen LogP contribution in [0.2, 0.25) is 10.0 Å². The molecule has 2 atom stereocenters. The fraction of sp³-hybridized carbons (Fsp3) is 0.692. The number of carboxylic acid groups (broad SMARTS) is 1. The number of piperidine rings is 1. The van der Waals surface area contributed by atoms with Crippen molar-refractivity contribution in [1.29, 1.82) is 0 Å². The molecule has 2 heterocycles. The number of halogens is 2. The highest BCUT2D eigenvalue weighted by atomic mass is 35.5. The molecule has 1 aromatic carbocycles.